The van der Waals surface area contributed by atoms with Gasteiger partial charge in [-0.15, -0.1) is 11.8 Å². The molecule has 0 aromatic heterocycles. The van der Waals surface area contributed by atoms with E-state index in [1.54, 1.807) is 11.8 Å². The number of benzene rings is 1. The van der Waals surface area contributed by atoms with Crippen LogP contribution in [-0.4, -0.2) is 18.2 Å². The molecular formula is C11H12BrNOS. The third kappa shape index (κ3) is 2.21. The van der Waals surface area contributed by atoms with Gasteiger partial charge in [0.15, 0.2) is 0 Å². The molecule has 4 heteroatoms. The van der Waals surface area contributed by atoms with E-state index in [9.17, 15) is 4.79 Å². The Morgan fingerprint density at radius 3 is 3.07 bits per heavy atom. The molecule has 0 saturated carbocycles. The lowest BCUT2D eigenvalue weighted by atomic mass is 10.2. The zero-order chi connectivity index (χ0) is 10.8. The quantitative estimate of drug-likeness (QED) is 0.831. The second-order valence-electron chi connectivity index (χ2n) is 3.45. The Balaban J connectivity index is 2.41. The first-order chi connectivity index (χ1) is 7.22. The first kappa shape index (κ1) is 11.0. The summed E-state index contributed by atoms with van der Waals surface area (Å²) in [6, 6.07) is 6.11. The van der Waals surface area contributed by atoms with Crippen molar-refractivity contribution in [1.29, 1.82) is 0 Å². The first-order valence-electron chi connectivity index (χ1n) is 4.95. The summed E-state index contributed by atoms with van der Waals surface area (Å²) in [5.41, 5.74) is 1.05. The van der Waals surface area contributed by atoms with Crippen LogP contribution in [0.5, 0.6) is 0 Å². The molecule has 2 nitrogen and oxygen atoms in total. The summed E-state index contributed by atoms with van der Waals surface area (Å²) in [6.45, 7) is 2.90. The van der Waals surface area contributed by atoms with E-state index >= 15 is 0 Å². The fraction of sp³-hybridized carbons (Fsp3) is 0.364. The van der Waals surface area contributed by atoms with E-state index in [0.29, 0.717) is 5.75 Å². The van der Waals surface area contributed by atoms with Gasteiger partial charge in [-0.3, -0.25) is 4.79 Å². The van der Waals surface area contributed by atoms with Gasteiger partial charge in [-0.1, -0.05) is 22.9 Å². The second kappa shape index (κ2) is 4.58. The van der Waals surface area contributed by atoms with Crippen molar-refractivity contribution in [3.05, 3.63) is 22.7 Å². The summed E-state index contributed by atoms with van der Waals surface area (Å²) in [5, 5.41) is 0. The number of amides is 1. The first-order valence-corrected chi connectivity index (χ1v) is 6.73. The van der Waals surface area contributed by atoms with Crippen LogP contribution in [0.4, 0.5) is 5.69 Å². The van der Waals surface area contributed by atoms with E-state index in [1.165, 1.54) is 4.90 Å². The van der Waals surface area contributed by atoms with Gasteiger partial charge < -0.3 is 4.90 Å². The number of fused-ring (bicyclic) bond motifs is 1. The van der Waals surface area contributed by atoms with Crippen LogP contribution in [0.1, 0.15) is 13.3 Å². The number of carbonyl (C=O) groups is 1. The maximum Gasteiger partial charge on any atom is 0.237 e. The van der Waals surface area contributed by atoms with E-state index in [1.807, 2.05) is 17.0 Å². The zero-order valence-electron chi connectivity index (χ0n) is 8.50. The van der Waals surface area contributed by atoms with Gasteiger partial charge in [-0.05, 0) is 24.6 Å². The SMILES string of the molecule is CCCN1C(=O)CSc2ccc(Br)cc21. The van der Waals surface area contributed by atoms with Crippen molar-refractivity contribution in [2.45, 2.75) is 18.2 Å². The molecule has 1 amide bonds. The highest BCUT2D eigenvalue weighted by Gasteiger charge is 2.23. The summed E-state index contributed by atoms with van der Waals surface area (Å²) < 4.78 is 1.03. The third-order valence-corrected chi connectivity index (χ3v) is 3.85. The number of anilines is 1. The molecule has 0 unspecified atom stereocenters. The summed E-state index contributed by atoms with van der Waals surface area (Å²) in [6.07, 6.45) is 0.988. The summed E-state index contributed by atoms with van der Waals surface area (Å²) in [7, 11) is 0. The molecule has 1 heterocycles. The van der Waals surface area contributed by atoms with Gasteiger partial charge in [-0.2, -0.15) is 0 Å². The molecule has 0 saturated heterocycles. The predicted molar refractivity (Wildman–Crippen MR) is 67.5 cm³/mol. The molecular weight excluding hydrogens is 274 g/mol. The minimum atomic E-state index is 0.215. The Morgan fingerprint density at radius 2 is 2.33 bits per heavy atom. The Kier molecular flexibility index (Phi) is 3.36. The van der Waals surface area contributed by atoms with Gasteiger partial charge in [0, 0.05) is 15.9 Å². The topological polar surface area (TPSA) is 20.3 Å². The third-order valence-electron chi connectivity index (χ3n) is 2.31. The van der Waals surface area contributed by atoms with E-state index in [4.69, 9.17) is 0 Å². The number of rotatable bonds is 2. The largest absolute Gasteiger partial charge is 0.311 e. The molecule has 0 aliphatic carbocycles. The zero-order valence-corrected chi connectivity index (χ0v) is 10.9. The minimum Gasteiger partial charge on any atom is -0.311 e. The van der Waals surface area contributed by atoms with Crippen LogP contribution < -0.4 is 4.90 Å². The molecule has 0 radical (unpaired) electrons. The van der Waals surface area contributed by atoms with Crippen LogP contribution in [-0.2, 0) is 4.79 Å². The van der Waals surface area contributed by atoms with Crippen LogP contribution in [0.15, 0.2) is 27.6 Å². The van der Waals surface area contributed by atoms with Crippen LogP contribution >= 0.6 is 27.7 Å². The van der Waals surface area contributed by atoms with Crippen molar-refractivity contribution in [2.75, 3.05) is 17.2 Å². The second-order valence-corrected chi connectivity index (χ2v) is 5.38. The van der Waals surface area contributed by atoms with Crippen molar-refractivity contribution in [1.82, 2.24) is 0 Å². The van der Waals surface area contributed by atoms with Gasteiger partial charge in [0.25, 0.3) is 0 Å². The Hall–Kier alpha value is -0.480. The monoisotopic (exact) mass is 285 g/mol. The lowest BCUT2D eigenvalue weighted by Gasteiger charge is -2.28. The highest BCUT2D eigenvalue weighted by atomic mass is 79.9. The molecule has 80 valence electrons. The average molecular weight is 286 g/mol. The fourth-order valence-electron chi connectivity index (χ4n) is 1.64. The van der Waals surface area contributed by atoms with E-state index < -0.39 is 0 Å². The minimum absolute atomic E-state index is 0.215. The summed E-state index contributed by atoms with van der Waals surface area (Å²) >= 11 is 5.06. The van der Waals surface area contributed by atoms with E-state index in [0.717, 1.165) is 23.1 Å². The van der Waals surface area contributed by atoms with Crippen LogP contribution in [0.3, 0.4) is 0 Å². The number of nitrogens with zero attached hydrogens (tertiary/aromatic N) is 1. The van der Waals surface area contributed by atoms with Gasteiger partial charge in [-0.25, -0.2) is 0 Å². The number of thioether (sulfide) groups is 1. The molecule has 1 aromatic carbocycles. The molecule has 1 aliphatic rings. The maximum atomic E-state index is 11.7. The molecule has 0 fully saturated rings. The smallest absolute Gasteiger partial charge is 0.237 e. The number of halogens is 1. The standard InChI is InChI=1S/C11H12BrNOS/c1-2-5-13-9-6-8(12)3-4-10(9)15-7-11(13)14/h3-4,6H,2,5,7H2,1H3. The van der Waals surface area contributed by atoms with Gasteiger partial charge >= 0.3 is 0 Å². The van der Waals surface area contributed by atoms with Crippen molar-refractivity contribution in [3.63, 3.8) is 0 Å². The number of hydrogen-bond donors (Lipinski definition) is 0. The van der Waals surface area contributed by atoms with Crippen molar-refractivity contribution in [2.24, 2.45) is 0 Å². The Bertz CT molecular complexity index is 394. The summed E-state index contributed by atoms with van der Waals surface area (Å²) in [4.78, 5) is 14.8. The van der Waals surface area contributed by atoms with E-state index in [-0.39, 0.29) is 5.91 Å². The average Bonchev–Trinajstić information content (AvgIpc) is 2.23. The molecule has 1 aliphatic heterocycles. The molecule has 0 bridgehead atoms. The summed E-state index contributed by atoms with van der Waals surface area (Å²) in [5.74, 6) is 0.779. The lowest BCUT2D eigenvalue weighted by molar-refractivity contribution is -0.116. The van der Waals surface area contributed by atoms with Gasteiger partial charge in [0.05, 0.1) is 11.4 Å². The molecule has 1 aromatic rings. The van der Waals surface area contributed by atoms with Crippen molar-refractivity contribution >= 4 is 39.3 Å². The number of hydrogen-bond acceptors (Lipinski definition) is 2. The van der Waals surface area contributed by atoms with Gasteiger partial charge in [0.1, 0.15) is 0 Å². The number of carbonyl (C=O) groups excluding carboxylic acids is 1. The molecule has 0 atom stereocenters. The highest BCUT2D eigenvalue weighted by molar-refractivity contribution is 9.10. The Labute approximate surface area is 102 Å². The molecule has 0 spiro atoms. The van der Waals surface area contributed by atoms with E-state index in [2.05, 4.69) is 28.9 Å². The molecule has 15 heavy (non-hydrogen) atoms. The fourth-order valence-corrected chi connectivity index (χ4v) is 2.91. The lowest BCUT2D eigenvalue weighted by Crippen LogP contribution is -2.35. The van der Waals surface area contributed by atoms with Crippen LogP contribution in [0.2, 0.25) is 0 Å². The van der Waals surface area contributed by atoms with Crippen molar-refractivity contribution in [3.8, 4) is 0 Å². The highest BCUT2D eigenvalue weighted by Crippen LogP contribution is 2.37. The molecule has 2 rings (SSSR count). The van der Waals surface area contributed by atoms with Gasteiger partial charge in [0.2, 0.25) is 5.91 Å². The Morgan fingerprint density at radius 1 is 1.53 bits per heavy atom. The maximum absolute atomic E-state index is 11.7. The van der Waals surface area contributed by atoms with Crippen LogP contribution in [0.25, 0.3) is 0 Å². The molecule has 0 N–H and O–H groups in total. The normalized spacial score (nSPS) is 15.3. The van der Waals surface area contributed by atoms with Crippen molar-refractivity contribution < 1.29 is 4.79 Å². The van der Waals surface area contributed by atoms with Crippen LogP contribution in [0, 0.1) is 0 Å². The predicted octanol–water partition coefficient (Wildman–Crippen LogP) is 3.30.